The highest BCUT2D eigenvalue weighted by atomic mass is 16.3. The standard InChI is InChI=1S/C14H22N2O/c1-16-13-3-2-4-14(16)8-12(7-13)15-9-11-5-6-17-10-11/h5-6,10,12-15H,2-4,7-9H2,1H3. The number of furan rings is 1. The van der Waals surface area contributed by atoms with E-state index in [9.17, 15) is 0 Å². The first-order chi connectivity index (χ1) is 8.33. The highest BCUT2D eigenvalue weighted by molar-refractivity contribution is 5.05. The Balaban J connectivity index is 1.55. The van der Waals surface area contributed by atoms with Crippen molar-refractivity contribution in [1.29, 1.82) is 0 Å². The molecule has 3 rings (SSSR count). The highest BCUT2D eigenvalue weighted by Gasteiger charge is 2.35. The molecule has 0 aliphatic carbocycles. The molecular weight excluding hydrogens is 212 g/mol. The number of nitrogens with zero attached hydrogens (tertiary/aromatic N) is 1. The van der Waals surface area contributed by atoms with Gasteiger partial charge in [0.25, 0.3) is 0 Å². The Kier molecular flexibility index (Phi) is 3.21. The minimum absolute atomic E-state index is 0.691. The molecule has 0 aromatic carbocycles. The van der Waals surface area contributed by atoms with Gasteiger partial charge >= 0.3 is 0 Å². The van der Waals surface area contributed by atoms with Crippen LogP contribution in [0.25, 0.3) is 0 Å². The number of fused-ring (bicyclic) bond motifs is 2. The molecule has 1 N–H and O–H groups in total. The predicted octanol–water partition coefficient (Wildman–Crippen LogP) is 2.38. The van der Waals surface area contributed by atoms with E-state index >= 15 is 0 Å². The molecule has 3 nitrogen and oxygen atoms in total. The van der Waals surface area contributed by atoms with Crippen molar-refractivity contribution in [3.63, 3.8) is 0 Å². The number of hydrogen-bond donors (Lipinski definition) is 1. The number of hydrogen-bond acceptors (Lipinski definition) is 3. The van der Waals surface area contributed by atoms with Crippen LogP contribution >= 0.6 is 0 Å². The fourth-order valence-electron chi connectivity index (χ4n) is 3.44. The van der Waals surface area contributed by atoms with Crippen molar-refractivity contribution in [2.24, 2.45) is 0 Å². The lowest BCUT2D eigenvalue weighted by Crippen LogP contribution is -2.54. The van der Waals surface area contributed by atoms with Crippen molar-refractivity contribution in [3.05, 3.63) is 24.2 Å². The maximum atomic E-state index is 5.10. The number of nitrogens with one attached hydrogen (secondary N) is 1. The highest BCUT2D eigenvalue weighted by Crippen LogP contribution is 2.32. The van der Waals surface area contributed by atoms with Gasteiger partial charge in [0, 0.05) is 30.2 Å². The second-order valence-corrected chi connectivity index (χ2v) is 5.58. The van der Waals surface area contributed by atoms with Gasteiger partial charge in [0.05, 0.1) is 12.5 Å². The van der Waals surface area contributed by atoms with Gasteiger partial charge in [0.2, 0.25) is 0 Å². The molecule has 2 aliphatic heterocycles. The average Bonchev–Trinajstić information content (AvgIpc) is 2.79. The first kappa shape index (κ1) is 11.3. The van der Waals surface area contributed by atoms with E-state index in [0.717, 1.165) is 18.6 Å². The zero-order valence-corrected chi connectivity index (χ0v) is 10.6. The third kappa shape index (κ3) is 2.40. The van der Waals surface area contributed by atoms with Crippen LogP contribution in [0.5, 0.6) is 0 Å². The van der Waals surface area contributed by atoms with Crippen LogP contribution in [-0.2, 0) is 6.54 Å². The minimum atomic E-state index is 0.691. The summed E-state index contributed by atoms with van der Waals surface area (Å²) in [5, 5.41) is 3.69. The van der Waals surface area contributed by atoms with Gasteiger partial charge in [-0.25, -0.2) is 0 Å². The zero-order chi connectivity index (χ0) is 11.7. The number of rotatable bonds is 3. The van der Waals surface area contributed by atoms with Gasteiger partial charge in [-0.15, -0.1) is 0 Å². The van der Waals surface area contributed by atoms with Crippen molar-refractivity contribution < 1.29 is 4.42 Å². The minimum Gasteiger partial charge on any atom is -0.472 e. The van der Waals surface area contributed by atoms with Crippen molar-refractivity contribution in [3.8, 4) is 0 Å². The van der Waals surface area contributed by atoms with Gasteiger partial charge in [-0.05, 0) is 38.8 Å². The molecule has 2 bridgehead atoms. The molecule has 0 saturated carbocycles. The van der Waals surface area contributed by atoms with Gasteiger partial charge in [-0.1, -0.05) is 6.42 Å². The second-order valence-electron chi connectivity index (χ2n) is 5.58. The molecule has 2 saturated heterocycles. The molecule has 3 heteroatoms. The van der Waals surface area contributed by atoms with Crippen LogP contribution in [0.2, 0.25) is 0 Å². The predicted molar refractivity (Wildman–Crippen MR) is 67.8 cm³/mol. The lowest BCUT2D eigenvalue weighted by atomic mass is 9.82. The molecule has 17 heavy (non-hydrogen) atoms. The van der Waals surface area contributed by atoms with Crippen LogP contribution in [0, 0.1) is 0 Å². The molecule has 2 aliphatic rings. The van der Waals surface area contributed by atoms with Gasteiger partial charge < -0.3 is 14.6 Å². The summed E-state index contributed by atoms with van der Waals surface area (Å²) in [6.45, 7) is 0.949. The van der Waals surface area contributed by atoms with Gasteiger partial charge in [-0.2, -0.15) is 0 Å². The monoisotopic (exact) mass is 234 g/mol. The lowest BCUT2D eigenvalue weighted by molar-refractivity contribution is 0.0482. The maximum absolute atomic E-state index is 5.10. The molecule has 1 aromatic rings. The van der Waals surface area contributed by atoms with E-state index in [2.05, 4.69) is 17.3 Å². The second kappa shape index (κ2) is 4.83. The van der Waals surface area contributed by atoms with E-state index in [1.54, 1.807) is 6.26 Å². The quantitative estimate of drug-likeness (QED) is 0.870. The Morgan fingerprint density at radius 3 is 2.76 bits per heavy atom. The van der Waals surface area contributed by atoms with E-state index in [1.807, 2.05) is 12.3 Å². The average molecular weight is 234 g/mol. The van der Waals surface area contributed by atoms with Crippen LogP contribution in [0.15, 0.2) is 23.0 Å². The van der Waals surface area contributed by atoms with Crippen molar-refractivity contribution in [2.75, 3.05) is 7.05 Å². The van der Waals surface area contributed by atoms with Crippen LogP contribution in [-0.4, -0.2) is 30.1 Å². The molecule has 1 aromatic heterocycles. The van der Waals surface area contributed by atoms with E-state index < -0.39 is 0 Å². The third-order valence-electron chi connectivity index (χ3n) is 4.51. The summed E-state index contributed by atoms with van der Waals surface area (Å²) in [6, 6.07) is 4.35. The van der Waals surface area contributed by atoms with Crippen molar-refractivity contribution >= 4 is 0 Å². The Morgan fingerprint density at radius 2 is 2.12 bits per heavy atom. The Bertz CT molecular complexity index is 335. The summed E-state index contributed by atoms with van der Waals surface area (Å²) < 4.78 is 5.10. The molecule has 2 atom stereocenters. The molecule has 0 spiro atoms. The fourth-order valence-corrected chi connectivity index (χ4v) is 3.44. The lowest BCUT2D eigenvalue weighted by Gasteiger charge is -2.47. The van der Waals surface area contributed by atoms with E-state index in [1.165, 1.54) is 37.7 Å². The first-order valence-corrected chi connectivity index (χ1v) is 6.79. The van der Waals surface area contributed by atoms with E-state index in [-0.39, 0.29) is 0 Å². The molecule has 2 unspecified atom stereocenters. The van der Waals surface area contributed by atoms with Gasteiger partial charge in [0.15, 0.2) is 0 Å². The Labute approximate surface area is 103 Å². The molecule has 0 amide bonds. The largest absolute Gasteiger partial charge is 0.472 e. The fraction of sp³-hybridized carbons (Fsp3) is 0.714. The molecule has 2 fully saturated rings. The molecular formula is C14H22N2O. The normalized spacial score (nSPS) is 33.8. The summed E-state index contributed by atoms with van der Waals surface area (Å²) >= 11 is 0. The maximum Gasteiger partial charge on any atom is 0.0947 e. The summed E-state index contributed by atoms with van der Waals surface area (Å²) in [4.78, 5) is 2.61. The Morgan fingerprint density at radius 1 is 1.35 bits per heavy atom. The van der Waals surface area contributed by atoms with E-state index in [0.29, 0.717) is 6.04 Å². The summed E-state index contributed by atoms with van der Waals surface area (Å²) in [6.07, 6.45) is 10.4. The molecule has 0 radical (unpaired) electrons. The number of piperidine rings is 2. The van der Waals surface area contributed by atoms with Crippen LogP contribution < -0.4 is 5.32 Å². The topological polar surface area (TPSA) is 28.4 Å². The van der Waals surface area contributed by atoms with Gasteiger partial charge in [-0.3, -0.25) is 0 Å². The summed E-state index contributed by atoms with van der Waals surface area (Å²) in [7, 11) is 2.31. The van der Waals surface area contributed by atoms with Crippen molar-refractivity contribution in [1.82, 2.24) is 10.2 Å². The third-order valence-corrected chi connectivity index (χ3v) is 4.51. The van der Waals surface area contributed by atoms with Crippen molar-refractivity contribution in [2.45, 2.75) is 56.8 Å². The molecule has 94 valence electrons. The SMILES string of the molecule is CN1C2CCCC1CC(NCc1ccoc1)C2. The Hall–Kier alpha value is -0.800. The first-order valence-electron chi connectivity index (χ1n) is 6.79. The van der Waals surface area contributed by atoms with Crippen LogP contribution in [0.4, 0.5) is 0 Å². The van der Waals surface area contributed by atoms with Gasteiger partial charge in [0.1, 0.15) is 0 Å². The molecule has 3 heterocycles. The zero-order valence-electron chi connectivity index (χ0n) is 10.6. The van der Waals surface area contributed by atoms with Crippen LogP contribution in [0.3, 0.4) is 0 Å². The summed E-state index contributed by atoms with van der Waals surface area (Å²) in [5.41, 5.74) is 1.26. The van der Waals surface area contributed by atoms with Crippen LogP contribution in [0.1, 0.15) is 37.7 Å². The van der Waals surface area contributed by atoms with E-state index in [4.69, 9.17) is 4.42 Å². The smallest absolute Gasteiger partial charge is 0.0947 e. The summed E-state index contributed by atoms with van der Waals surface area (Å²) in [5.74, 6) is 0.